The predicted molar refractivity (Wildman–Crippen MR) is 128 cm³/mol. The highest BCUT2D eigenvalue weighted by Gasteiger charge is 2.08. The number of halogens is 3. The maximum Gasteiger partial charge on any atom is 0.153 e. The lowest BCUT2D eigenvalue weighted by atomic mass is 10.1. The van der Waals surface area contributed by atoms with E-state index in [1.807, 2.05) is 12.1 Å². The van der Waals surface area contributed by atoms with Crippen LogP contribution in [0.1, 0.15) is 18.7 Å². The van der Waals surface area contributed by atoms with Gasteiger partial charge in [0.2, 0.25) is 0 Å². The molecule has 3 heterocycles. The summed E-state index contributed by atoms with van der Waals surface area (Å²) in [7, 11) is 0.500. The zero-order valence-electron chi connectivity index (χ0n) is 18.7. The largest absolute Gasteiger partial charge is 0.412 e. The van der Waals surface area contributed by atoms with Gasteiger partial charge >= 0.3 is 0 Å². The Morgan fingerprint density at radius 3 is 1.82 bits per heavy atom. The number of hydrogen-bond acceptors (Lipinski definition) is 6. The van der Waals surface area contributed by atoms with Gasteiger partial charge in [-0.1, -0.05) is 18.2 Å². The molecule has 4 rings (SSSR count). The fraction of sp³-hybridized carbons (Fsp3) is 0.348. The van der Waals surface area contributed by atoms with Crippen LogP contribution in [0.5, 0.6) is 0 Å². The van der Waals surface area contributed by atoms with Gasteiger partial charge in [-0.15, -0.1) is 0 Å². The fourth-order valence-electron chi connectivity index (χ4n) is 2.46. The van der Waals surface area contributed by atoms with Crippen molar-refractivity contribution in [2.75, 3.05) is 45.3 Å². The molecule has 0 amide bonds. The van der Waals surface area contributed by atoms with Gasteiger partial charge in [0.15, 0.2) is 6.17 Å². The first kappa shape index (κ1) is 29.9. The highest BCUT2D eigenvalue weighted by atomic mass is 19.2. The molecule has 10 heteroatoms. The van der Waals surface area contributed by atoms with E-state index < -0.39 is 12.8 Å². The van der Waals surface area contributed by atoms with E-state index in [-0.39, 0.29) is 6.90 Å². The molecule has 1 saturated heterocycles. The van der Waals surface area contributed by atoms with Gasteiger partial charge in [-0.3, -0.25) is 19.3 Å². The van der Waals surface area contributed by atoms with Crippen LogP contribution in [-0.4, -0.2) is 60.5 Å². The number of nitrogens with one attached hydrogen (secondary N) is 3. The number of pyridine rings is 1. The quantitative estimate of drug-likeness (QED) is 0.530. The Morgan fingerprint density at radius 1 is 0.879 bits per heavy atom. The molecule has 3 aromatic rings. The van der Waals surface area contributed by atoms with Crippen molar-refractivity contribution in [1.82, 2.24) is 25.6 Å². The van der Waals surface area contributed by atoms with Crippen LogP contribution in [0.15, 0.2) is 73.6 Å². The van der Waals surface area contributed by atoms with Gasteiger partial charge in [0.1, 0.15) is 6.67 Å². The van der Waals surface area contributed by atoms with E-state index in [1.165, 1.54) is 0 Å². The molecule has 1 fully saturated rings. The predicted octanol–water partition coefficient (Wildman–Crippen LogP) is 3.34. The Hall–Kier alpha value is -3.08. The minimum absolute atomic E-state index is 0. The molecule has 1 aliphatic rings. The number of piperazine rings is 1. The van der Waals surface area contributed by atoms with E-state index >= 15 is 0 Å². The Bertz CT molecular complexity index is 750. The average molecular weight is 469 g/mol. The van der Waals surface area contributed by atoms with Crippen molar-refractivity contribution in [2.45, 2.75) is 12.7 Å². The number of alkyl halides is 3. The van der Waals surface area contributed by atoms with Crippen molar-refractivity contribution in [3.8, 4) is 0 Å². The van der Waals surface area contributed by atoms with Gasteiger partial charge in [-0.2, -0.15) is 0 Å². The number of benzene rings is 1. The van der Waals surface area contributed by atoms with Crippen molar-refractivity contribution in [1.29, 1.82) is 0 Å². The summed E-state index contributed by atoms with van der Waals surface area (Å²) in [5.74, 6) is 0. The van der Waals surface area contributed by atoms with Crippen molar-refractivity contribution >= 4 is 5.69 Å². The number of nitrogens with zero attached hydrogens (tertiary/aromatic N) is 3. The highest BCUT2D eigenvalue weighted by molar-refractivity contribution is 5.45. The van der Waals surface area contributed by atoms with Gasteiger partial charge in [-0.05, 0) is 29.3 Å². The third kappa shape index (κ3) is 14.6. The van der Waals surface area contributed by atoms with Gasteiger partial charge < -0.3 is 21.4 Å². The number of hydrogen-bond donors (Lipinski definition) is 3. The first-order valence-electron chi connectivity index (χ1n) is 10.2. The molecule has 5 N–H and O–H groups in total. The second-order valence-electron chi connectivity index (χ2n) is 6.35. The second kappa shape index (κ2) is 20.8. The lowest BCUT2D eigenvalue weighted by molar-refractivity contribution is 0.266. The summed E-state index contributed by atoms with van der Waals surface area (Å²) in [4.78, 5) is 11.5. The summed E-state index contributed by atoms with van der Waals surface area (Å²) in [6, 6.07) is 10.5. The SMILES string of the molecule is C1CNCCN1.CF.FCC(F)c1ccc(NCc2cccnc2)cc1.O.[HH].c1cnccn1. The third-order valence-electron chi connectivity index (χ3n) is 4.06. The normalized spacial score (nSPS) is 12.6. The fourth-order valence-corrected chi connectivity index (χ4v) is 2.46. The highest BCUT2D eigenvalue weighted by Crippen LogP contribution is 2.20. The Balaban J connectivity index is 0. The first-order valence-corrected chi connectivity index (χ1v) is 10.2. The molecule has 184 valence electrons. The van der Waals surface area contributed by atoms with Gasteiger partial charge in [0, 0.05) is 77.0 Å². The van der Waals surface area contributed by atoms with Crippen LogP contribution in [0.3, 0.4) is 0 Å². The molecule has 33 heavy (non-hydrogen) atoms. The Morgan fingerprint density at radius 2 is 1.42 bits per heavy atom. The first-order chi connectivity index (χ1) is 15.8. The maximum atomic E-state index is 13.0. The smallest absolute Gasteiger partial charge is 0.153 e. The molecule has 1 atom stereocenters. The standard InChI is InChI=1S/C14H14F2N2.C4H10N2.C4H4N2.CH3F.H2O.H2/c15-8-14(16)12-3-5-13(6-4-12)18-10-11-2-1-7-17-9-11;2*1-2-6-4-3-5-1;1-2;;/h1-7,9,14,18H,8,10H2;5-6H,1-4H2;1-4H;1H3;1H2;1H. The molecular weight excluding hydrogens is 433 g/mol. The van der Waals surface area contributed by atoms with Crippen LogP contribution < -0.4 is 16.0 Å². The zero-order valence-corrected chi connectivity index (χ0v) is 18.7. The Labute approximate surface area is 194 Å². The van der Waals surface area contributed by atoms with E-state index in [4.69, 9.17) is 0 Å². The van der Waals surface area contributed by atoms with Crippen LogP contribution in [0.25, 0.3) is 0 Å². The van der Waals surface area contributed by atoms with Gasteiger partial charge in [-0.25, -0.2) is 8.78 Å². The van der Waals surface area contributed by atoms with Crippen LogP contribution in [0.4, 0.5) is 18.9 Å². The number of anilines is 1. The lowest BCUT2D eigenvalue weighted by Crippen LogP contribution is -2.39. The zero-order chi connectivity index (χ0) is 23.3. The minimum Gasteiger partial charge on any atom is -0.412 e. The molecule has 0 saturated carbocycles. The molecule has 1 unspecified atom stereocenters. The van der Waals surface area contributed by atoms with Crippen LogP contribution >= 0.6 is 0 Å². The summed E-state index contributed by atoms with van der Waals surface area (Å²) < 4.78 is 34.7. The average Bonchev–Trinajstić information content (AvgIpc) is 2.92. The maximum absolute atomic E-state index is 13.0. The van der Waals surface area contributed by atoms with Crippen molar-refractivity contribution in [3.05, 3.63) is 84.7 Å². The summed E-state index contributed by atoms with van der Waals surface area (Å²) in [5.41, 5.74) is 2.30. The van der Waals surface area contributed by atoms with Crippen LogP contribution in [0.2, 0.25) is 0 Å². The molecule has 1 aromatic carbocycles. The summed E-state index contributed by atoms with van der Waals surface area (Å²) in [5, 5.41) is 9.63. The molecule has 2 aromatic heterocycles. The molecule has 0 spiro atoms. The van der Waals surface area contributed by atoms with Crippen molar-refractivity contribution in [2.24, 2.45) is 0 Å². The van der Waals surface area contributed by atoms with E-state index in [0.29, 0.717) is 19.3 Å². The Kier molecular flexibility index (Phi) is 18.9. The minimum atomic E-state index is -1.53. The van der Waals surface area contributed by atoms with Crippen molar-refractivity contribution in [3.63, 3.8) is 0 Å². The molecule has 0 aliphatic carbocycles. The molecule has 0 radical (unpaired) electrons. The van der Waals surface area contributed by atoms with Gasteiger partial charge in [0.05, 0.1) is 7.18 Å². The van der Waals surface area contributed by atoms with E-state index in [9.17, 15) is 13.2 Å². The lowest BCUT2D eigenvalue weighted by Gasteiger charge is -2.11. The monoisotopic (exact) mass is 468 g/mol. The third-order valence-corrected chi connectivity index (χ3v) is 4.06. The summed E-state index contributed by atoms with van der Waals surface area (Å²) >= 11 is 0. The molecule has 0 bridgehead atoms. The number of rotatable bonds is 5. The summed E-state index contributed by atoms with van der Waals surface area (Å²) in [6.07, 6.45) is 8.52. The van der Waals surface area contributed by atoms with Gasteiger partial charge in [0.25, 0.3) is 0 Å². The topological polar surface area (TPSA) is 106 Å². The molecule has 1 aliphatic heterocycles. The van der Waals surface area contributed by atoms with E-state index in [2.05, 4.69) is 30.9 Å². The van der Waals surface area contributed by atoms with Crippen LogP contribution in [-0.2, 0) is 6.54 Å². The molecular formula is C23H35F3N6O. The van der Waals surface area contributed by atoms with Crippen molar-refractivity contribution < 1.29 is 20.1 Å². The van der Waals surface area contributed by atoms with E-state index in [0.717, 1.165) is 37.4 Å². The van der Waals surface area contributed by atoms with E-state index in [1.54, 1.807) is 61.4 Å². The molecule has 7 nitrogen and oxygen atoms in total. The number of aromatic nitrogens is 3. The van der Waals surface area contributed by atoms with Crippen LogP contribution in [0, 0.1) is 0 Å². The second-order valence-corrected chi connectivity index (χ2v) is 6.35. The summed E-state index contributed by atoms with van der Waals surface area (Å²) in [6.45, 7) is 4.22.